The fourth-order valence-corrected chi connectivity index (χ4v) is 3.30. The zero-order chi connectivity index (χ0) is 19.9. The van der Waals surface area contributed by atoms with Crippen LogP contribution < -0.4 is 5.32 Å². The lowest BCUT2D eigenvalue weighted by atomic mass is 10.1. The molecule has 0 spiro atoms. The van der Waals surface area contributed by atoms with E-state index in [9.17, 15) is 14.0 Å². The molecule has 2 aromatic rings. The lowest BCUT2D eigenvalue weighted by Gasteiger charge is -2.34. The molecular weight excluding hydrogens is 357 g/mol. The van der Waals surface area contributed by atoms with Crippen LogP contribution in [0.5, 0.6) is 0 Å². The number of carbonyl (C=O) groups excluding carboxylic acids is 2. The Morgan fingerprint density at radius 1 is 1.00 bits per heavy atom. The molecule has 0 aliphatic carbocycles. The van der Waals surface area contributed by atoms with Gasteiger partial charge in [0.05, 0.1) is 6.54 Å². The summed E-state index contributed by atoms with van der Waals surface area (Å²) >= 11 is 0. The number of rotatable bonds is 6. The molecule has 1 fully saturated rings. The summed E-state index contributed by atoms with van der Waals surface area (Å²) < 4.78 is 13.7. The van der Waals surface area contributed by atoms with Crippen molar-refractivity contribution in [3.05, 3.63) is 65.5 Å². The summed E-state index contributed by atoms with van der Waals surface area (Å²) in [5.74, 6) is -0.282. The largest absolute Gasteiger partial charge is 0.340 e. The number of aryl methyl sites for hydroxylation is 2. The lowest BCUT2D eigenvalue weighted by Crippen LogP contribution is -2.50. The van der Waals surface area contributed by atoms with Crippen molar-refractivity contribution >= 4 is 17.5 Å². The molecule has 0 aromatic heterocycles. The summed E-state index contributed by atoms with van der Waals surface area (Å²) in [6.07, 6.45) is 0.708. The van der Waals surface area contributed by atoms with E-state index < -0.39 is 0 Å². The van der Waals surface area contributed by atoms with Gasteiger partial charge in [-0.3, -0.25) is 14.5 Å². The van der Waals surface area contributed by atoms with Crippen molar-refractivity contribution in [3.8, 4) is 0 Å². The van der Waals surface area contributed by atoms with E-state index in [2.05, 4.69) is 5.32 Å². The number of benzene rings is 2. The van der Waals surface area contributed by atoms with Crippen molar-refractivity contribution in [1.82, 2.24) is 9.80 Å². The van der Waals surface area contributed by atoms with Gasteiger partial charge in [0, 0.05) is 38.3 Å². The van der Waals surface area contributed by atoms with Gasteiger partial charge in [-0.2, -0.15) is 0 Å². The first-order valence-corrected chi connectivity index (χ1v) is 9.61. The Balaban J connectivity index is 1.40. The van der Waals surface area contributed by atoms with Gasteiger partial charge >= 0.3 is 0 Å². The Labute approximate surface area is 165 Å². The Kier molecular flexibility index (Phi) is 6.76. The Hall–Kier alpha value is -2.73. The van der Waals surface area contributed by atoms with Gasteiger partial charge in [0.15, 0.2) is 0 Å². The number of hydrogen-bond acceptors (Lipinski definition) is 3. The van der Waals surface area contributed by atoms with Crippen LogP contribution in [0, 0.1) is 12.7 Å². The number of amides is 2. The molecule has 0 atom stereocenters. The number of carbonyl (C=O) groups is 2. The van der Waals surface area contributed by atoms with E-state index in [0.29, 0.717) is 51.1 Å². The van der Waals surface area contributed by atoms with E-state index in [4.69, 9.17) is 0 Å². The molecule has 2 amide bonds. The van der Waals surface area contributed by atoms with Crippen molar-refractivity contribution in [3.63, 3.8) is 0 Å². The first-order valence-electron chi connectivity index (χ1n) is 9.61. The molecule has 3 rings (SSSR count). The molecule has 1 aliphatic heterocycles. The molecule has 0 saturated carbocycles. The van der Waals surface area contributed by atoms with Gasteiger partial charge < -0.3 is 10.2 Å². The second-order valence-electron chi connectivity index (χ2n) is 7.16. The first kappa shape index (κ1) is 20.0. The molecule has 1 saturated heterocycles. The zero-order valence-corrected chi connectivity index (χ0v) is 16.2. The van der Waals surface area contributed by atoms with Gasteiger partial charge in [-0.1, -0.05) is 35.9 Å². The van der Waals surface area contributed by atoms with Crippen LogP contribution in [0.3, 0.4) is 0 Å². The third kappa shape index (κ3) is 5.63. The van der Waals surface area contributed by atoms with Gasteiger partial charge in [0.25, 0.3) is 0 Å². The summed E-state index contributed by atoms with van der Waals surface area (Å²) in [4.78, 5) is 28.4. The molecule has 6 heteroatoms. The molecule has 0 radical (unpaired) electrons. The molecule has 148 valence electrons. The highest BCUT2D eigenvalue weighted by atomic mass is 19.1. The number of anilines is 1. The number of nitrogens with one attached hydrogen (secondary N) is 1. The first-order chi connectivity index (χ1) is 13.5. The molecule has 0 unspecified atom stereocenters. The average Bonchev–Trinajstić information content (AvgIpc) is 2.69. The summed E-state index contributed by atoms with van der Waals surface area (Å²) in [6.45, 7) is 4.81. The second kappa shape index (κ2) is 9.46. The van der Waals surface area contributed by atoms with Gasteiger partial charge in [0.2, 0.25) is 11.8 Å². The number of piperazine rings is 1. The maximum Gasteiger partial charge on any atom is 0.238 e. The molecule has 1 heterocycles. The van der Waals surface area contributed by atoms with Crippen LogP contribution in [0.15, 0.2) is 48.5 Å². The van der Waals surface area contributed by atoms with Crippen LogP contribution in [0.2, 0.25) is 0 Å². The maximum atomic E-state index is 13.7. The van der Waals surface area contributed by atoms with Crippen LogP contribution in [-0.2, 0) is 16.0 Å². The highest BCUT2D eigenvalue weighted by Crippen LogP contribution is 2.12. The Bertz CT molecular complexity index is 815. The Morgan fingerprint density at radius 2 is 1.68 bits per heavy atom. The zero-order valence-electron chi connectivity index (χ0n) is 16.2. The molecule has 1 N–H and O–H groups in total. The molecule has 28 heavy (non-hydrogen) atoms. The van der Waals surface area contributed by atoms with Crippen molar-refractivity contribution in [2.75, 3.05) is 38.0 Å². The van der Waals surface area contributed by atoms with E-state index in [1.54, 1.807) is 23.1 Å². The topological polar surface area (TPSA) is 52.7 Å². The van der Waals surface area contributed by atoms with E-state index in [1.165, 1.54) is 6.07 Å². The van der Waals surface area contributed by atoms with E-state index in [1.807, 2.05) is 36.1 Å². The van der Waals surface area contributed by atoms with E-state index in [0.717, 1.165) is 11.3 Å². The second-order valence-corrected chi connectivity index (χ2v) is 7.16. The molecule has 0 bridgehead atoms. The third-order valence-corrected chi connectivity index (χ3v) is 4.99. The molecule has 2 aromatic carbocycles. The average molecular weight is 383 g/mol. The van der Waals surface area contributed by atoms with Crippen LogP contribution in [-0.4, -0.2) is 54.3 Å². The van der Waals surface area contributed by atoms with Gasteiger partial charge in [0.1, 0.15) is 5.82 Å². The fraction of sp³-hybridized carbons (Fsp3) is 0.364. The van der Waals surface area contributed by atoms with E-state index >= 15 is 0 Å². The highest BCUT2D eigenvalue weighted by Gasteiger charge is 2.22. The predicted molar refractivity (Wildman–Crippen MR) is 108 cm³/mol. The van der Waals surface area contributed by atoms with Crippen molar-refractivity contribution in [2.24, 2.45) is 0 Å². The fourth-order valence-electron chi connectivity index (χ4n) is 3.30. The monoisotopic (exact) mass is 383 g/mol. The maximum absolute atomic E-state index is 13.7. The normalized spacial score (nSPS) is 14.7. The van der Waals surface area contributed by atoms with Crippen molar-refractivity contribution in [1.29, 1.82) is 0 Å². The number of nitrogens with zero attached hydrogens (tertiary/aromatic N) is 2. The highest BCUT2D eigenvalue weighted by molar-refractivity contribution is 5.92. The smallest absolute Gasteiger partial charge is 0.238 e. The number of hydrogen-bond donors (Lipinski definition) is 1. The molecular formula is C22H26FN3O2. The van der Waals surface area contributed by atoms with Gasteiger partial charge in [-0.25, -0.2) is 4.39 Å². The minimum atomic E-state index is -0.264. The van der Waals surface area contributed by atoms with E-state index in [-0.39, 0.29) is 17.6 Å². The SMILES string of the molecule is Cc1ccc(NC(=O)CN2CCN(C(=O)CCc3ccccc3F)CC2)cc1. The minimum absolute atomic E-state index is 0.0343. The minimum Gasteiger partial charge on any atom is -0.340 e. The molecule has 1 aliphatic rings. The van der Waals surface area contributed by atoms with Gasteiger partial charge in [-0.15, -0.1) is 0 Å². The quantitative estimate of drug-likeness (QED) is 0.835. The van der Waals surface area contributed by atoms with Crippen molar-refractivity contribution < 1.29 is 14.0 Å². The number of halogens is 1. The lowest BCUT2D eigenvalue weighted by molar-refractivity contribution is -0.133. The predicted octanol–water partition coefficient (Wildman–Crippen LogP) is 2.85. The van der Waals surface area contributed by atoms with Crippen LogP contribution >= 0.6 is 0 Å². The van der Waals surface area contributed by atoms with Crippen LogP contribution in [0.4, 0.5) is 10.1 Å². The van der Waals surface area contributed by atoms with Crippen LogP contribution in [0.1, 0.15) is 17.5 Å². The standard InChI is InChI=1S/C22H26FN3O2/c1-17-6-9-19(10-7-17)24-21(27)16-25-12-14-26(15-13-25)22(28)11-8-18-4-2-3-5-20(18)23/h2-7,9-10H,8,11-16H2,1H3,(H,24,27). The summed E-state index contributed by atoms with van der Waals surface area (Å²) in [5.41, 5.74) is 2.51. The molecule has 5 nitrogen and oxygen atoms in total. The van der Waals surface area contributed by atoms with Crippen molar-refractivity contribution in [2.45, 2.75) is 19.8 Å². The Morgan fingerprint density at radius 3 is 2.36 bits per heavy atom. The van der Waals surface area contributed by atoms with Crippen LogP contribution in [0.25, 0.3) is 0 Å². The summed E-state index contributed by atoms with van der Waals surface area (Å²) in [7, 11) is 0. The third-order valence-electron chi connectivity index (χ3n) is 4.99. The van der Waals surface area contributed by atoms with Gasteiger partial charge in [-0.05, 0) is 37.1 Å². The summed E-state index contributed by atoms with van der Waals surface area (Å²) in [6, 6.07) is 14.3. The summed E-state index contributed by atoms with van der Waals surface area (Å²) in [5, 5.41) is 2.90.